The van der Waals surface area contributed by atoms with Crippen LogP contribution in [0, 0.1) is 0 Å². The van der Waals surface area contributed by atoms with Gasteiger partial charge < -0.3 is 0 Å². The minimum atomic E-state index is 0. The van der Waals surface area contributed by atoms with Crippen LogP contribution in [0.25, 0.3) is 0 Å². The summed E-state index contributed by atoms with van der Waals surface area (Å²) < 4.78 is 0. The minimum absolute atomic E-state index is 0. The van der Waals surface area contributed by atoms with Gasteiger partial charge in [0, 0.05) is 4.90 Å². The van der Waals surface area contributed by atoms with E-state index in [1.807, 2.05) is 18.2 Å². The van der Waals surface area contributed by atoms with Crippen molar-refractivity contribution in [1.29, 1.82) is 0 Å². The molecular weight excluding hydrogens is 211 g/mol. The Balaban J connectivity index is 0.00000112. The van der Waals surface area contributed by atoms with Gasteiger partial charge in [-0.2, -0.15) is 0 Å². The topological polar surface area (TPSA) is 0 Å². The van der Waals surface area contributed by atoms with Crippen LogP contribution >= 0.6 is 12.6 Å². The Morgan fingerprint density at radius 2 is 1.40 bits per heavy atom. The van der Waals surface area contributed by atoms with Gasteiger partial charge in [0.25, 0.3) is 0 Å². The van der Waals surface area contributed by atoms with Crippen LogP contribution in [0.15, 0.2) is 59.5 Å². The van der Waals surface area contributed by atoms with E-state index in [1.54, 1.807) is 0 Å². The molecule has 0 saturated carbocycles. The van der Waals surface area contributed by atoms with Crippen LogP contribution in [0.5, 0.6) is 0 Å². The van der Waals surface area contributed by atoms with Crippen LogP contribution in [0.3, 0.4) is 0 Å². The maximum atomic E-state index is 4.43. The summed E-state index contributed by atoms with van der Waals surface area (Å²) in [4.78, 5) is 1.07. The van der Waals surface area contributed by atoms with Gasteiger partial charge in [-0.1, -0.05) is 48.5 Å². The molecule has 0 bridgehead atoms. The summed E-state index contributed by atoms with van der Waals surface area (Å²) in [5.74, 6) is 0. The Morgan fingerprint density at radius 3 is 2.07 bits per heavy atom. The normalized spacial score (nSPS) is 9.40. The van der Waals surface area contributed by atoms with Gasteiger partial charge >= 0.3 is 29.6 Å². The first-order valence-corrected chi connectivity index (χ1v) is 5.12. The zero-order chi connectivity index (χ0) is 9.80. The molecule has 0 aromatic heterocycles. The van der Waals surface area contributed by atoms with Crippen LogP contribution in [-0.2, 0) is 6.42 Å². The van der Waals surface area contributed by atoms with E-state index in [0.29, 0.717) is 0 Å². The van der Waals surface area contributed by atoms with Crippen molar-refractivity contribution >= 4 is 42.2 Å². The molecule has 2 aromatic carbocycles. The fourth-order valence-corrected chi connectivity index (χ4v) is 1.72. The summed E-state index contributed by atoms with van der Waals surface area (Å²) in [6.45, 7) is 0. The van der Waals surface area contributed by atoms with E-state index in [1.165, 1.54) is 11.1 Å². The zero-order valence-corrected chi connectivity index (χ0v) is 8.74. The molecule has 0 nitrogen and oxygen atoms in total. The van der Waals surface area contributed by atoms with Crippen LogP contribution in [0.4, 0.5) is 0 Å². The molecule has 0 aliphatic rings. The van der Waals surface area contributed by atoms with Crippen LogP contribution in [-0.4, -0.2) is 29.6 Å². The molecule has 0 atom stereocenters. The van der Waals surface area contributed by atoms with Gasteiger partial charge in [0.2, 0.25) is 0 Å². The third-order valence-electron chi connectivity index (χ3n) is 2.23. The summed E-state index contributed by atoms with van der Waals surface area (Å²) in [7, 11) is 0. The number of rotatable bonds is 2. The molecule has 0 N–H and O–H groups in total. The first-order chi connectivity index (χ1) is 6.86. The monoisotopic (exact) mass is 224 g/mol. The molecule has 72 valence electrons. The molecule has 0 radical (unpaired) electrons. The summed E-state index contributed by atoms with van der Waals surface area (Å²) in [5.41, 5.74) is 2.61. The number of hydrogen-bond donors (Lipinski definition) is 1. The van der Waals surface area contributed by atoms with Crippen molar-refractivity contribution in [1.82, 2.24) is 0 Å². The van der Waals surface area contributed by atoms with Crippen molar-refractivity contribution in [3.05, 3.63) is 65.7 Å². The second kappa shape index (κ2) is 6.39. The van der Waals surface area contributed by atoms with Crippen LogP contribution < -0.4 is 0 Å². The van der Waals surface area contributed by atoms with E-state index in [0.717, 1.165) is 11.3 Å². The van der Waals surface area contributed by atoms with E-state index in [4.69, 9.17) is 0 Å². The molecule has 0 saturated heterocycles. The molecule has 15 heavy (non-hydrogen) atoms. The molecule has 2 heteroatoms. The van der Waals surface area contributed by atoms with Gasteiger partial charge in [-0.15, -0.1) is 12.6 Å². The van der Waals surface area contributed by atoms with E-state index in [9.17, 15) is 0 Å². The molecule has 0 spiro atoms. The molecule has 2 aromatic rings. The molecule has 0 aliphatic heterocycles. The third-order valence-corrected chi connectivity index (χ3v) is 2.67. The van der Waals surface area contributed by atoms with Gasteiger partial charge in [0.1, 0.15) is 0 Å². The average Bonchev–Trinajstić information content (AvgIpc) is 2.23. The second-order valence-corrected chi connectivity index (χ2v) is 3.77. The summed E-state index contributed by atoms with van der Waals surface area (Å²) in [6.07, 6.45) is 0.959. The molecule has 0 aliphatic carbocycles. The van der Waals surface area contributed by atoms with Crippen LogP contribution in [0.1, 0.15) is 11.1 Å². The molecule has 0 fully saturated rings. The Morgan fingerprint density at radius 1 is 0.800 bits per heavy atom. The quantitative estimate of drug-likeness (QED) is 0.588. The maximum absolute atomic E-state index is 4.43. The molecule has 2 rings (SSSR count). The number of benzene rings is 2. The van der Waals surface area contributed by atoms with Gasteiger partial charge in [0.05, 0.1) is 0 Å². The van der Waals surface area contributed by atoms with Crippen molar-refractivity contribution in [3.8, 4) is 0 Å². The number of hydrogen-bond acceptors (Lipinski definition) is 1. The van der Waals surface area contributed by atoms with E-state index >= 15 is 0 Å². The molecule has 0 unspecified atom stereocenters. The van der Waals surface area contributed by atoms with Crippen LogP contribution in [0.2, 0.25) is 0 Å². The third kappa shape index (κ3) is 3.69. The molecule has 0 heterocycles. The Kier molecular flexibility index (Phi) is 5.48. The molecule has 0 amide bonds. The Labute approximate surface area is 118 Å². The summed E-state index contributed by atoms with van der Waals surface area (Å²) in [5, 5.41) is 0. The first kappa shape index (κ1) is 12.9. The fourth-order valence-electron chi connectivity index (χ4n) is 1.48. The SMILES string of the molecule is Sc1ccccc1Cc1ccccc1.[NaH]. The van der Waals surface area contributed by atoms with Gasteiger partial charge in [-0.3, -0.25) is 0 Å². The van der Waals surface area contributed by atoms with Gasteiger partial charge in [-0.05, 0) is 23.6 Å². The predicted octanol–water partition coefficient (Wildman–Crippen LogP) is 2.92. The van der Waals surface area contributed by atoms with E-state index < -0.39 is 0 Å². The van der Waals surface area contributed by atoms with Crippen molar-refractivity contribution in [2.75, 3.05) is 0 Å². The van der Waals surface area contributed by atoms with Crippen molar-refractivity contribution in [2.24, 2.45) is 0 Å². The Bertz CT molecular complexity index is 412. The van der Waals surface area contributed by atoms with Gasteiger partial charge in [0.15, 0.2) is 0 Å². The average molecular weight is 224 g/mol. The molecular formula is C13H13NaS. The van der Waals surface area contributed by atoms with E-state index in [2.05, 4.69) is 49.0 Å². The number of thiol groups is 1. The predicted molar refractivity (Wildman–Crippen MR) is 70.1 cm³/mol. The summed E-state index contributed by atoms with van der Waals surface area (Å²) in [6, 6.07) is 18.7. The standard InChI is InChI=1S/C13H12S.Na.H/c14-13-9-5-4-8-12(13)10-11-6-2-1-3-7-11;;/h1-9,14H,10H2;;. The van der Waals surface area contributed by atoms with Crippen molar-refractivity contribution in [3.63, 3.8) is 0 Å². The van der Waals surface area contributed by atoms with Gasteiger partial charge in [-0.25, -0.2) is 0 Å². The van der Waals surface area contributed by atoms with E-state index in [-0.39, 0.29) is 29.6 Å². The van der Waals surface area contributed by atoms with Crippen molar-refractivity contribution < 1.29 is 0 Å². The first-order valence-electron chi connectivity index (χ1n) is 4.67. The fraction of sp³-hybridized carbons (Fsp3) is 0.0769. The summed E-state index contributed by atoms with van der Waals surface area (Å²) >= 11 is 4.43. The zero-order valence-electron chi connectivity index (χ0n) is 7.85. The second-order valence-electron chi connectivity index (χ2n) is 3.29. The Hall–Kier alpha value is -0.210. The van der Waals surface area contributed by atoms with Crippen molar-refractivity contribution in [2.45, 2.75) is 11.3 Å².